The fourth-order valence-electron chi connectivity index (χ4n) is 4.10. The lowest BCUT2D eigenvalue weighted by atomic mass is 9.90. The van der Waals surface area contributed by atoms with Crippen LogP contribution in [0.3, 0.4) is 0 Å². The molecule has 8 nitrogen and oxygen atoms in total. The number of nitriles is 2. The number of benzene rings is 1. The van der Waals surface area contributed by atoms with Crippen molar-refractivity contribution < 1.29 is 9.53 Å². The molecule has 0 atom stereocenters. The van der Waals surface area contributed by atoms with Gasteiger partial charge in [-0.05, 0) is 67.8 Å². The fraction of sp³-hybridized carbons (Fsp3) is 0.321. The Morgan fingerprint density at radius 2 is 1.92 bits per heavy atom. The number of ether oxygens (including phenoxy) is 1. The number of amides is 1. The van der Waals surface area contributed by atoms with Gasteiger partial charge in [0.15, 0.2) is 0 Å². The number of carbonyl (C=O) groups excluding carboxylic acids is 1. The Hall–Kier alpha value is -4.27. The normalized spacial score (nSPS) is 13.5. The lowest BCUT2D eigenvalue weighted by Crippen LogP contribution is -2.37. The van der Waals surface area contributed by atoms with Gasteiger partial charge in [0.2, 0.25) is 5.91 Å². The summed E-state index contributed by atoms with van der Waals surface area (Å²) in [5, 5.41) is 22.1. The molecule has 4 rings (SSSR count). The number of rotatable bonds is 6. The van der Waals surface area contributed by atoms with Crippen LogP contribution in [-0.4, -0.2) is 42.2 Å². The zero-order chi connectivity index (χ0) is 25.7. The van der Waals surface area contributed by atoms with Crippen LogP contribution in [0.4, 0.5) is 11.5 Å². The molecule has 1 fully saturated rings. The van der Waals surface area contributed by atoms with E-state index in [4.69, 9.17) is 4.74 Å². The minimum atomic E-state index is -0.730. The molecule has 0 bridgehead atoms. The maximum absolute atomic E-state index is 12.8. The minimum Gasteiger partial charge on any atom is -0.378 e. The molecule has 1 amide bonds. The van der Waals surface area contributed by atoms with E-state index in [1.54, 1.807) is 38.4 Å². The summed E-state index contributed by atoms with van der Waals surface area (Å²) in [6.45, 7) is 8.22. The number of nitrogens with zero attached hydrogens (tertiary/aromatic N) is 5. The van der Waals surface area contributed by atoms with E-state index in [1.165, 1.54) is 0 Å². The molecular weight excluding hydrogens is 452 g/mol. The highest BCUT2D eigenvalue weighted by Crippen LogP contribution is 2.30. The summed E-state index contributed by atoms with van der Waals surface area (Å²) in [4.78, 5) is 23.8. The summed E-state index contributed by atoms with van der Waals surface area (Å²) in [5.74, 6) is 0.498. The fourth-order valence-corrected chi connectivity index (χ4v) is 4.10. The first kappa shape index (κ1) is 24.8. The summed E-state index contributed by atoms with van der Waals surface area (Å²) < 4.78 is 5.41. The molecule has 8 heteroatoms. The van der Waals surface area contributed by atoms with Gasteiger partial charge >= 0.3 is 0 Å². The van der Waals surface area contributed by atoms with E-state index in [0.717, 1.165) is 22.3 Å². The first-order valence-corrected chi connectivity index (χ1v) is 11.8. The number of aromatic nitrogens is 2. The second-order valence-corrected chi connectivity index (χ2v) is 9.35. The molecule has 0 saturated carbocycles. The third-order valence-corrected chi connectivity index (χ3v) is 6.24. The van der Waals surface area contributed by atoms with Crippen LogP contribution < -0.4 is 10.2 Å². The molecule has 2 aromatic heterocycles. The van der Waals surface area contributed by atoms with E-state index in [0.29, 0.717) is 49.1 Å². The molecule has 36 heavy (non-hydrogen) atoms. The van der Waals surface area contributed by atoms with Crippen LogP contribution in [0.1, 0.15) is 36.2 Å². The second-order valence-electron chi connectivity index (χ2n) is 9.35. The average Bonchev–Trinajstić information content (AvgIpc) is 2.90. The van der Waals surface area contributed by atoms with Gasteiger partial charge in [0.25, 0.3) is 0 Å². The standard InChI is InChI=1S/C28H28N6O2/c1-19-4-5-23(33-26(35)13-20-6-7-31-25(12-20)28(2,3)18-30)15-24(19)22-14-21(16-29)27(32-17-22)34-8-10-36-11-9-34/h4-7,12,14-15,17H,8-11,13H2,1-3H3,(H,33,35). The van der Waals surface area contributed by atoms with Gasteiger partial charge in [0.1, 0.15) is 11.9 Å². The van der Waals surface area contributed by atoms with E-state index < -0.39 is 5.41 Å². The van der Waals surface area contributed by atoms with Gasteiger partial charge in [-0.1, -0.05) is 6.07 Å². The Labute approximate surface area is 211 Å². The first-order valence-electron chi connectivity index (χ1n) is 11.8. The van der Waals surface area contributed by atoms with Gasteiger partial charge in [-0.3, -0.25) is 9.78 Å². The summed E-state index contributed by atoms with van der Waals surface area (Å²) in [6, 6.07) is 15.6. The molecule has 0 unspecified atom stereocenters. The van der Waals surface area contributed by atoms with Crippen molar-refractivity contribution in [3.8, 4) is 23.3 Å². The molecule has 1 aliphatic rings. The first-order chi connectivity index (χ1) is 17.3. The molecule has 1 saturated heterocycles. The Bertz CT molecular complexity index is 1360. The van der Waals surface area contributed by atoms with Crippen LogP contribution in [0.5, 0.6) is 0 Å². The average molecular weight is 481 g/mol. The molecule has 0 aliphatic carbocycles. The highest BCUT2D eigenvalue weighted by molar-refractivity contribution is 5.93. The molecule has 0 radical (unpaired) electrons. The smallest absolute Gasteiger partial charge is 0.228 e. The van der Waals surface area contributed by atoms with Crippen molar-refractivity contribution in [3.05, 3.63) is 71.2 Å². The lowest BCUT2D eigenvalue weighted by Gasteiger charge is -2.28. The summed E-state index contributed by atoms with van der Waals surface area (Å²) in [7, 11) is 0. The SMILES string of the molecule is Cc1ccc(NC(=O)Cc2ccnc(C(C)(C)C#N)c2)cc1-c1cnc(N2CCOCC2)c(C#N)c1. The molecule has 1 aliphatic heterocycles. The molecule has 3 heterocycles. The Balaban J connectivity index is 1.53. The Kier molecular flexibility index (Phi) is 7.28. The predicted octanol–water partition coefficient (Wildman–Crippen LogP) is 4.14. The van der Waals surface area contributed by atoms with Crippen LogP contribution in [0.2, 0.25) is 0 Å². The van der Waals surface area contributed by atoms with Crippen molar-refractivity contribution >= 4 is 17.4 Å². The number of pyridine rings is 2. The van der Waals surface area contributed by atoms with E-state index in [1.807, 2.05) is 31.2 Å². The van der Waals surface area contributed by atoms with Gasteiger partial charge in [0, 0.05) is 36.7 Å². The third kappa shape index (κ3) is 5.51. The van der Waals surface area contributed by atoms with Crippen molar-refractivity contribution in [1.29, 1.82) is 10.5 Å². The third-order valence-electron chi connectivity index (χ3n) is 6.24. The van der Waals surface area contributed by atoms with Gasteiger partial charge in [-0.15, -0.1) is 0 Å². The van der Waals surface area contributed by atoms with Gasteiger partial charge in [-0.2, -0.15) is 10.5 Å². The molecule has 0 spiro atoms. The highest BCUT2D eigenvalue weighted by Gasteiger charge is 2.22. The molecular formula is C28H28N6O2. The maximum Gasteiger partial charge on any atom is 0.228 e. The van der Waals surface area contributed by atoms with E-state index in [-0.39, 0.29) is 12.3 Å². The van der Waals surface area contributed by atoms with E-state index in [9.17, 15) is 15.3 Å². The number of hydrogen-bond acceptors (Lipinski definition) is 7. The number of aryl methyl sites for hydroxylation is 1. The van der Waals surface area contributed by atoms with E-state index in [2.05, 4.69) is 32.3 Å². The van der Waals surface area contributed by atoms with Crippen LogP contribution >= 0.6 is 0 Å². The topological polar surface area (TPSA) is 115 Å². The lowest BCUT2D eigenvalue weighted by molar-refractivity contribution is -0.115. The largest absolute Gasteiger partial charge is 0.378 e. The maximum atomic E-state index is 12.8. The van der Waals surface area contributed by atoms with Gasteiger partial charge in [-0.25, -0.2) is 4.98 Å². The second kappa shape index (κ2) is 10.6. The van der Waals surface area contributed by atoms with Gasteiger partial charge in [0.05, 0.1) is 42.4 Å². The van der Waals surface area contributed by atoms with Crippen molar-refractivity contribution in [2.75, 3.05) is 36.5 Å². The number of nitrogens with one attached hydrogen (secondary N) is 1. The minimum absolute atomic E-state index is 0.161. The molecule has 3 aromatic rings. The molecule has 182 valence electrons. The number of morpholine rings is 1. The summed E-state index contributed by atoms with van der Waals surface area (Å²) >= 11 is 0. The Morgan fingerprint density at radius 1 is 1.14 bits per heavy atom. The number of carbonyl (C=O) groups is 1. The highest BCUT2D eigenvalue weighted by atomic mass is 16.5. The molecule has 1 N–H and O–H groups in total. The van der Waals surface area contributed by atoms with Gasteiger partial charge < -0.3 is 15.0 Å². The van der Waals surface area contributed by atoms with Crippen LogP contribution in [0.25, 0.3) is 11.1 Å². The van der Waals surface area contributed by atoms with Crippen LogP contribution in [-0.2, 0) is 21.4 Å². The van der Waals surface area contributed by atoms with Crippen molar-refractivity contribution in [3.63, 3.8) is 0 Å². The zero-order valence-electron chi connectivity index (χ0n) is 20.7. The van der Waals surface area contributed by atoms with Crippen molar-refractivity contribution in [2.24, 2.45) is 0 Å². The van der Waals surface area contributed by atoms with Crippen LogP contribution in [0, 0.1) is 29.6 Å². The summed E-state index contributed by atoms with van der Waals surface area (Å²) in [6.07, 6.45) is 3.56. The molecule has 1 aromatic carbocycles. The number of anilines is 2. The quantitative estimate of drug-likeness (QED) is 0.564. The Morgan fingerprint density at radius 3 is 2.64 bits per heavy atom. The van der Waals surface area contributed by atoms with Crippen molar-refractivity contribution in [2.45, 2.75) is 32.6 Å². The summed E-state index contributed by atoms with van der Waals surface area (Å²) in [5.41, 5.74) is 4.58. The van der Waals surface area contributed by atoms with E-state index >= 15 is 0 Å². The van der Waals surface area contributed by atoms with Crippen LogP contribution in [0.15, 0.2) is 48.8 Å². The monoisotopic (exact) mass is 480 g/mol. The predicted molar refractivity (Wildman–Crippen MR) is 137 cm³/mol. The van der Waals surface area contributed by atoms with Crippen molar-refractivity contribution in [1.82, 2.24) is 9.97 Å². The zero-order valence-corrected chi connectivity index (χ0v) is 20.7. The number of hydrogen-bond donors (Lipinski definition) is 1.